The summed E-state index contributed by atoms with van der Waals surface area (Å²) in [6.45, 7) is 10.2. The van der Waals surface area contributed by atoms with Crippen molar-refractivity contribution in [2.75, 3.05) is 0 Å². The Bertz CT molecular complexity index is 678. The minimum absolute atomic E-state index is 0.804. The summed E-state index contributed by atoms with van der Waals surface area (Å²) >= 11 is 0. The summed E-state index contributed by atoms with van der Waals surface area (Å²) in [5.74, 6) is 0. The smallest absolute Gasteiger partial charge is 0.0432 e. The average Bonchev–Trinajstić information content (AvgIpc) is 2.55. The molecule has 0 saturated carbocycles. The molecule has 22 heavy (non-hydrogen) atoms. The van der Waals surface area contributed by atoms with Crippen LogP contribution in [-0.2, 0) is 0 Å². The first-order chi connectivity index (χ1) is 10.5. The average molecular weight is 289 g/mol. The molecule has 0 saturated heterocycles. The molecule has 1 nitrogen and oxygen atoms in total. The molecule has 0 spiro atoms. The molecule has 112 valence electrons. The topological polar surface area (TPSA) is 26.0 Å². The summed E-state index contributed by atoms with van der Waals surface area (Å²) in [5.41, 5.74) is 13.9. The van der Waals surface area contributed by atoms with E-state index in [0.29, 0.717) is 0 Å². The van der Waals surface area contributed by atoms with Gasteiger partial charge in [0, 0.05) is 11.3 Å². The first-order valence-corrected chi connectivity index (χ1v) is 7.46. The molecule has 0 fully saturated rings. The number of hydrogen-bond acceptors (Lipinski definition) is 1. The lowest BCUT2D eigenvalue weighted by Crippen LogP contribution is -2.07. The van der Waals surface area contributed by atoms with E-state index >= 15 is 0 Å². The third kappa shape index (κ3) is 3.37. The minimum atomic E-state index is 0.804. The highest BCUT2D eigenvalue weighted by atomic mass is 14.6. The van der Waals surface area contributed by atoms with E-state index in [1.54, 1.807) is 0 Å². The van der Waals surface area contributed by atoms with Gasteiger partial charge in [-0.25, -0.2) is 0 Å². The largest absolute Gasteiger partial charge is 0.398 e. The molecule has 0 bridgehead atoms. The summed E-state index contributed by atoms with van der Waals surface area (Å²) in [5, 5.41) is 0. The molecular formula is C21H23N. The fraction of sp³-hybridized carbons (Fsp3) is 0.143. The van der Waals surface area contributed by atoms with E-state index in [1.807, 2.05) is 43.3 Å². The first kappa shape index (κ1) is 15.8. The van der Waals surface area contributed by atoms with Crippen molar-refractivity contribution in [2.24, 2.45) is 5.73 Å². The molecular weight excluding hydrogens is 266 g/mol. The van der Waals surface area contributed by atoms with Gasteiger partial charge in [0.2, 0.25) is 0 Å². The van der Waals surface area contributed by atoms with Crippen LogP contribution in [0.15, 0.2) is 89.7 Å². The Morgan fingerprint density at radius 2 is 1.14 bits per heavy atom. The quantitative estimate of drug-likeness (QED) is 0.758. The maximum atomic E-state index is 6.54. The third-order valence-electron chi connectivity index (χ3n) is 4.00. The number of nitrogens with two attached hydrogens (primary N) is 1. The van der Waals surface area contributed by atoms with E-state index in [-0.39, 0.29) is 0 Å². The van der Waals surface area contributed by atoms with Crippen molar-refractivity contribution < 1.29 is 0 Å². The Kier molecular flexibility index (Phi) is 5.00. The van der Waals surface area contributed by atoms with Crippen molar-refractivity contribution in [3.05, 3.63) is 101 Å². The second-order valence-electron chi connectivity index (χ2n) is 5.55. The van der Waals surface area contributed by atoms with Crippen molar-refractivity contribution in [1.29, 1.82) is 0 Å². The van der Waals surface area contributed by atoms with E-state index in [1.165, 1.54) is 0 Å². The predicted octanol–water partition coefficient (Wildman–Crippen LogP) is 5.32. The van der Waals surface area contributed by atoms with Gasteiger partial charge in [-0.05, 0) is 43.0 Å². The van der Waals surface area contributed by atoms with Gasteiger partial charge in [-0.2, -0.15) is 0 Å². The van der Waals surface area contributed by atoms with Crippen LogP contribution in [0.25, 0.3) is 5.57 Å². The molecule has 2 aromatic rings. The maximum absolute atomic E-state index is 6.54. The van der Waals surface area contributed by atoms with Crippen LogP contribution in [0.3, 0.4) is 0 Å². The SMILES string of the molecule is C=C(C)/C(C)=C(\C)C(N)=C(c1ccccc1)c1ccccc1. The van der Waals surface area contributed by atoms with Gasteiger partial charge in [0.1, 0.15) is 0 Å². The fourth-order valence-corrected chi connectivity index (χ4v) is 2.40. The molecule has 0 unspecified atom stereocenters. The Balaban J connectivity index is 2.72. The summed E-state index contributed by atoms with van der Waals surface area (Å²) in [6, 6.07) is 20.6. The van der Waals surface area contributed by atoms with Gasteiger partial charge in [0.15, 0.2) is 0 Å². The zero-order valence-electron chi connectivity index (χ0n) is 13.6. The van der Waals surface area contributed by atoms with Crippen molar-refractivity contribution >= 4 is 5.57 Å². The molecule has 0 aromatic heterocycles. The van der Waals surface area contributed by atoms with Gasteiger partial charge in [0.05, 0.1) is 0 Å². The van der Waals surface area contributed by atoms with Crippen molar-refractivity contribution in [2.45, 2.75) is 20.8 Å². The molecule has 0 aliphatic carbocycles. The van der Waals surface area contributed by atoms with Crippen LogP contribution in [-0.4, -0.2) is 0 Å². The molecule has 0 aliphatic rings. The summed E-state index contributed by atoms with van der Waals surface area (Å²) in [7, 11) is 0. The summed E-state index contributed by atoms with van der Waals surface area (Å²) in [6.07, 6.45) is 0. The molecule has 0 radical (unpaired) electrons. The molecule has 2 rings (SSSR count). The lowest BCUT2D eigenvalue weighted by atomic mass is 9.91. The number of benzene rings is 2. The monoisotopic (exact) mass is 289 g/mol. The van der Waals surface area contributed by atoms with Crippen LogP contribution < -0.4 is 5.73 Å². The van der Waals surface area contributed by atoms with Crippen molar-refractivity contribution in [3.8, 4) is 0 Å². The lowest BCUT2D eigenvalue weighted by Gasteiger charge is -2.16. The van der Waals surface area contributed by atoms with Crippen LogP contribution >= 0.6 is 0 Å². The number of hydrogen-bond donors (Lipinski definition) is 1. The van der Waals surface area contributed by atoms with E-state index < -0.39 is 0 Å². The second kappa shape index (κ2) is 6.95. The number of allylic oxidation sites excluding steroid dienone is 3. The molecule has 0 aliphatic heterocycles. The Morgan fingerprint density at radius 3 is 1.50 bits per heavy atom. The van der Waals surface area contributed by atoms with Gasteiger partial charge in [-0.3, -0.25) is 0 Å². The maximum Gasteiger partial charge on any atom is 0.0432 e. The molecule has 2 N–H and O–H groups in total. The van der Waals surface area contributed by atoms with Crippen LogP contribution in [0, 0.1) is 0 Å². The van der Waals surface area contributed by atoms with E-state index in [2.05, 4.69) is 44.7 Å². The van der Waals surface area contributed by atoms with E-state index in [9.17, 15) is 0 Å². The predicted molar refractivity (Wildman–Crippen MR) is 96.3 cm³/mol. The van der Waals surface area contributed by atoms with Crippen LogP contribution in [0.5, 0.6) is 0 Å². The highest BCUT2D eigenvalue weighted by Gasteiger charge is 2.12. The zero-order chi connectivity index (χ0) is 16.1. The molecule has 1 heteroatoms. The Hall–Kier alpha value is -2.54. The van der Waals surface area contributed by atoms with Gasteiger partial charge in [-0.1, -0.05) is 72.8 Å². The van der Waals surface area contributed by atoms with Crippen LogP contribution in [0.2, 0.25) is 0 Å². The first-order valence-electron chi connectivity index (χ1n) is 7.46. The third-order valence-corrected chi connectivity index (χ3v) is 4.00. The van der Waals surface area contributed by atoms with Gasteiger partial charge in [0.25, 0.3) is 0 Å². The molecule has 2 aromatic carbocycles. The van der Waals surface area contributed by atoms with Crippen LogP contribution in [0.1, 0.15) is 31.9 Å². The highest BCUT2D eigenvalue weighted by Crippen LogP contribution is 2.29. The van der Waals surface area contributed by atoms with Crippen molar-refractivity contribution in [1.82, 2.24) is 0 Å². The van der Waals surface area contributed by atoms with Gasteiger partial charge in [-0.15, -0.1) is 0 Å². The fourth-order valence-electron chi connectivity index (χ4n) is 2.40. The Morgan fingerprint density at radius 1 is 0.727 bits per heavy atom. The summed E-state index contributed by atoms with van der Waals surface area (Å²) in [4.78, 5) is 0. The van der Waals surface area contributed by atoms with E-state index in [4.69, 9.17) is 5.73 Å². The van der Waals surface area contributed by atoms with E-state index in [0.717, 1.165) is 39.1 Å². The Labute approximate surface area is 133 Å². The summed E-state index contributed by atoms with van der Waals surface area (Å²) < 4.78 is 0. The van der Waals surface area contributed by atoms with Gasteiger partial charge < -0.3 is 5.73 Å². The normalized spacial score (nSPS) is 11.6. The highest BCUT2D eigenvalue weighted by molar-refractivity contribution is 5.84. The lowest BCUT2D eigenvalue weighted by molar-refractivity contribution is 1.20. The molecule has 0 heterocycles. The minimum Gasteiger partial charge on any atom is -0.398 e. The van der Waals surface area contributed by atoms with Crippen LogP contribution in [0.4, 0.5) is 0 Å². The van der Waals surface area contributed by atoms with Gasteiger partial charge >= 0.3 is 0 Å². The standard InChI is InChI=1S/C21H23N/c1-15(2)16(3)17(4)21(22)20(18-11-7-5-8-12-18)19-13-9-6-10-14-19/h5-14H,1,22H2,2-4H3/b17-16+. The second-order valence-corrected chi connectivity index (χ2v) is 5.55. The van der Waals surface area contributed by atoms with Crippen molar-refractivity contribution in [3.63, 3.8) is 0 Å². The number of rotatable bonds is 4. The molecule has 0 amide bonds. The molecule has 0 atom stereocenters. The zero-order valence-corrected chi connectivity index (χ0v) is 13.6.